The average Bonchev–Trinajstić information content (AvgIpc) is 3.37. The Bertz CT molecular complexity index is 1500. The Hall–Kier alpha value is -4.03. The first-order valence-electron chi connectivity index (χ1n) is 11.1. The molecule has 6 nitrogen and oxygen atoms in total. The van der Waals surface area contributed by atoms with Crippen LogP contribution in [0.1, 0.15) is 27.7 Å². The Balaban J connectivity index is 1.64. The zero-order chi connectivity index (χ0) is 24.9. The minimum atomic E-state index is -0.822. The molecule has 176 valence electrons. The van der Waals surface area contributed by atoms with E-state index >= 15 is 0 Å². The lowest BCUT2D eigenvalue weighted by Crippen LogP contribution is -2.31. The van der Waals surface area contributed by atoms with E-state index in [1.54, 1.807) is 36.4 Å². The zero-order valence-electron chi connectivity index (χ0n) is 19.4. The number of benzene rings is 3. The number of fused-ring (bicyclic) bond motifs is 1. The van der Waals surface area contributed by atoms with Crippen LogP contribution in [0.2, 0.25) is 5.02 Å². The maximum Gasteiger partial charge on any atom is 0.294 e. The number of rotatable bonds is 5. The van der Waals surface area contributed by atoms with Crippen LogP contribution in [0.25, 0.3) is 11.0 Å². The monoisotopic (exact) mass is 486 g/mol. The van der Waals surface area contributed by atoms with Crippen LogP contribution in [-0.2, 0) is 4.79 Å². The second-order valence-electron chi connectivity index (χ2n) is 8.79. The van der Waals surface area contributed by atoms with Gasteiger partial charge in [0.15, 0.2) is 11.5 Å². The number of nitrogens with zero attached hydrogens (tertiary/aromatic N) is 2. The first kappa shape index (κ1) is 22.7. The normalized spacial score (nSPS) is 15.8. The van der Waals surface area contributed by atoms with Crippen LogP contribution in [0.3, 0.4) is 0 Å². The molecule has 2 heterocycles. The van der Waals surface area contributed by atoms with Gasteiger partial charge in [-0.25, -0.2) is 0 Å². The number of carbonyl (C=O) groups is 2. The smallest absolute Gasteiger partial charge is 0.294 e. The van der Waals surface area contributed by atoms with Gasteiger partial charge in [0.2, 0.25) is 5.78 Å². The summed E-state index contributed by atoms with van der Waals surface area (Å²) in [5.74, 6) is -1.76. The zero-order valence-corrected chi connectivity index (χ0v) is 20.2. The van der Waals surface area contributed by atoms with Gasteiger partial charge in [-0.1, -0.05) is 41.4 Å². The van der Waals surface area contributed by atoms with Crippen LogP contribution < -0.4 is 9.80 Å². The number of furan rings is 1. The summed E-state index contributed by atoms with van der Waals surface area (Å²) in [7, 11) is 3.85. The Morgan fingerprint density at radius 3 is 2.46 bits per heavy atom. The minimum Gasteiger partial charge on any atom is -0.503 e. The summed E-state index contributed by atoms with van der Waals surface area (Å²) >= 11 is 6.08. The van der Waals surface area contributed by atoms with E-state index in [0.29, 0.717) is 27.2 Å². The van der Waals surface area contributed by atoms with Crippen molar-refractivity contribution < 1.29 is 19.1 Å². The molecule has 1 unspecified atom stereocenters. The maximum atomic E-state index is 13.7. The van der Waals surface area contributed by atoms with Crippen LogP contribution >= 0.6 is 11.6 Å². The summed E-state index contributed by atoms with van der Waals surface area (Å²) in [4.78, 5) is 30.5. The van der Waals surface area contributed by atoms with Crippen LogP contribution in [-0.4, -0.2) is 30.9 Å². The number of carbonyl (C=O) groups excluding carboxylic acids is 2. The van der Waals surface area contributed by atoms with E-state index in [1.165, 1.54) is 4.90 Å². The Morgan fingerprint density at radius 2 is 1.77 bits per heavy atom. The van der Waals surface area contributed by atoms with Crippen LogP contribution in [0.5, 0.6) is 0 Å². The van der Waals surface area contributed by atoms with Crippen molar-refractivity contribution in [1.82, 2.24) is 0 Å². The van der Waals surface area contributed by atoms with Crippen molar-refractivity contribution in [3.05, 3.63) is 106 Å². The van der Waals surface area contributed by atoms with Crippen molar-refractivity contribution in [3.63, 3.8) is 0 Å². The third-order valence-electron chi connectivity index (χ3n) is 6.16. The highest BCUT2D eigenvalue weighted by Crippen LogP contribution is 2.43. The number of aliphatic hydroxyl groups is 1. The van der Waals surface area contributed by atoms with E-state index in [4.69, 9.17) is 16.0 Å². The predicted molar refractivity (Wildman–Crippen MR) is 137 cm³/mol. The molecule has 1 amide bonds. The second-order valence-corrected chi connectivity index (χ2v) is 9.22. The van der Waals surface area contributed by atoms with Gasteiger partial charge in [-0.05, 0) is 61.0 Å². The third kappa shape index (κ3) is 3.96. The van der Waals surface area contributed by atoms with Gasteiger partial charge in [-0.15, -0.1) is 0 Å². The molecule has 0 saturated heterocycles. The number of Topliss-reactive ketones (excluding diaryl/α,β-unsaturated/α-hetero) is 1. The van der Waals surface area contributed by atoms with Crippen molar-refractivity contribution in [2.24, 2.45) is 0 Å². The molecule has 1 aliphatic rings. The number of aliphatic hydroxyl groups excluding tert-OH is 1. The van der Waals surface area contributed by atoms with Gasteiger partial charge < -0.3 is 14.4 Å². The molecular weight excluding hydrogens is 464 g/mol. The highest BCUT2D eigenvalue weighted by Gasteiger charge is 2.45. The van der Waals surface area contributed by atoms with Crippen molar-refractivity contribution in [2.45, 2.75) is 13.0 Å². The molecule has 0 spiro atoms. The van der Waals surface area contributed by atoms with Crippen molar-refractivity contribution in [1.29, 1.82) is 0 Å². The lowest BCUT2D eigenvalue weighted by Gasteiger charge is -2.27. The number of aryl methyl sites for hydroxylation is 1. The van der Waals surface area contributed by atoms with Crippen LogP contribution in [0.4, 0.5) is 11.4 Å². The van der Waals surface area contributed by atoms with Gasteiger partial charge in [-0.2, -0.15) is 0 Å². The molecular formula is C28H23ClN2O4. The summed E-state index contributed by atoms with van der Waals surface area (Å²) in [6, 6.07) is 20.7. The summed E-state index contributed by atoms with van der Waals surface area (Å²) in [5, 5.41) is 12.2. The van der Waals surface area contributed by atoms with Gasteiger partial charge >= 0.3 is 0 Å². The van der Waals surface area contributed by atoms with E-state index in [2.05, 4.69) is 0 Å². The van der Waals surface area contributed by atoms with Gasteiger partial charge in [0.25, 0.3) is 5.91 Å². The van der Waals surface area contributed by atoms with Crippen molar-refractivity contribution in [3.8, 4) is 0 Å². The summed E-state index contributed by atoms with van der Waals surface area (Å²) in [6.07, 6.45) is 0. The highest BCUT2D eigenvalue weighted by atomic mass is 35.5. The molecule has 0 saturated carbocycles. The minimum absolute atomic E-state index is 0.0255. The number of ketones is 1. The summed E-state index contributed by atoms with van der Waals surface area (Å²) in [5.41, 5.74) is 3.67. The number of amides is 1. The van der Waals surface area contributed by atoms with E-state index in [1.807, 2.05) is 62.3 Å². The number of hydrogen-bond donors (Lipinski definition) is 1. The first-order valence-corrected chi connectivity index (χ1v) is 11.5. The van der Waals surface area contributed by atoms with Gasteiger partial charge in [-0.3, -0.25) is 14.5 Å². The van der Waals surface area contributed by atoms with Gasteiger partial charge in [0, 0.05) is 35.9 Å². The molecule has 1 atom stereocenters. The second kappa shape index (κ2) is 8.64. The van der Waals surface area contributed by atoms with E-state index in [9.17, 15) is 14.7 Å². The lowest BCUT2D eigenvalue weighted by molar-refractivity contribution is -0.117. The molecule has 0 bridgehead atoms. The molecule has 0 fully saturated rings. The average molecular weight is 487 g/mol. The quantitative estimate of drug-likeness (QED) is 0.338. The molecule has 1 N–H and O–H groups in total. The molecule has 35 heavy (non-hydrogen) atoms. The van der Waals surface area contributed by atoms with Crippen LogP contribution in [0, 0.1) is 6.92 Å². The number of hydrogen-bond acceptors (Lipinski definition) is 5. The fourth-order valence-corrected chi connectivity index (χ4v) is 4.61. The fraction of sp³-hybridized carbons (Fsp3) is 0.143. The molecule has 1 aliphatic heterocycles. The number of anilines is 2. The van der Waals surface area contributed by atoms with E-state index < -0.39 is 23.5 Å². The topological polar surface area (TPSA) is 74.0 Å². The van der Waals surface area contributed by atoms with Crippen molar-refractivity contribution in [2.75, 3.05) is 23.9 Å². The molecule has 1 aromatic heterocycles. The SMILES string of the molecule is Cc1cccc(C2C(C(=O)c3cc4cc(Cl)ccc4o3)=C(O)C(=O)N2c2ccc(N(C)C)cc2)c1. The molecule has 5 rings (SSSR count). The Labute approximate surface area is 207 Å². The van der Waals surface area contributed by atoms with Gasteiger partial charge in [0.1, 0.15) is 5.58 Å². The molecule has 0 radical (unpaired) electrons. The van der Waals surface area contributed by atoms with E-state index in [-0.39, 0.29) is 11.3 Å². The number of halogens is 1. The molecule has 7 heteroatoms. The first-order chi connectivity index (χ1) is 16.7. The molecule has 3 aromatic carbocycles. The fourth-order valence-electron chi connectivity index (χ4n) is 4.43. The standard InChI is InChI=1S/C28H23ClN2O4/c1-16-5-4-6-17(13-16)25-24(26(32)23-15-18-14-19(29)7-12-22(18)35-23)27(33)28(34)31(25)21-10-8-20(9-11-21)30(2)3/h4-15,25,33H,1-3H3. The summed E-state index contributed by atoms with van der Waals surface area (Å²) in [6.45, 7) is 1.94. The lowest BCUT2D eigenvalue weighted by atomic mass is 9.94. The predicted octanol–water partition coefficient (Wildman–Crippen LogP) is 6.24. The highest BCUT2D eigenvalue weighted by molar-refractivity contribution is 6.31. The largest absolute Gasteiger partial charge is 0.503 e. The molecule has 0 aliphatic carbocycles. The Kier molecular flexibility index (Phi) is 5.61. The Morgan fingerprint density at radius 1 is 1.03 bits per heavy atom. The van der Waals surface area contributed by atoms with Crippen molar-refractivity contribution >= 4 is 45.6 Å². The third-order valence-corrected chi connectivity index (χ3v) is 6.39. The maximum absolute atomic E-state index is 13.7. The van der Waals surface area contributed by atoms with Crippen LogP contribution in [0.15, 0.2) is 88.5 Å². The van der Waals surface area contributed by atoms with Gasteiger partial charge in [0.05, 0.1) is 11.6 Å². The summed E-state index contributed by atoms with van der Waals surface area (Å²) < 4.78 is 5.78. The van der Waals surface area contributed by atoms with E-state index in [0.717, 1.165) is 11.3 Å². The molecule has 4 aromatic rings.